The number of esters is 1. The summed E-state index contributed by atoms with van der Waals surface area (Å²) in [4.78, 5) is 11.3. The third kappa shape index (κ3) is 2.69. The number of benzene rings is 1. The molecule has 94 valence electrons. The van der Waals surface area contributed by atoms with Gasteiger partial charge in [-0.05, 0) is 24.6 Å². The van der Waals surface area contributed by atoms with Gasteiger partial charge >= 0.3 is 12.1 Å². The van der Waals surface area contributed by atoms with Crippen LogP contribution in [-0.2, 0) is 10.9 Å². The van der Waals surface area contributed by atoms with Crippen LogP contribution in [0.3, 0.4) is 0 Å². The summed E-state index contributed by atoms with van der Waals surface area (Å²) in [5.41, 5.74) is -1.13. The van der Waals surface area contributed by atoms with E-state index in [1.165, 1.54) is 14.0 Å². The summed E-state index contributed by atoms with van der Waals surface area (Å²) >= 11 is 0. The fourth-order valence-electron chi connectivity index (χ4n) is 1.43. The van der Waals surface area contributed by atoms with Gasteiger partial charge in [0.1, 0.15) is 11.3 Å². The van der Waals surface area contributed by atoms with Gasteiger partial charge in [-0.1, -0.05) is 0 Å². The lowest BCUT2D eigenvalue weighted by molar-refractivity contribution is -0.138. The lowest BCUT2D eigenvalue weighted by Gasteiger charge is -2.14. The van der Waals surface area contributed by atoms with Gasteiger partial charge in [-0.3, -0.25) is 0 Å². The largest absolute Gasteiger partial charge is 0.496 e. The van der Waals surface area contributed by atoms with Crippen molar-refractivity contribution in [3.8, 4) is 5.75 Å². The Balaban J connectivity index is 3.43. The number of methoxy groups -OCH3 is 2. The smallest absolute Gasteiger partial charge is 0.416 e. The summed E-state index contributed by atoms with van der Waals surface area (Å²) in [5, 5.41) is 0. The summed E-state index contributed by atoms with van der Waals surface area (Å²) in [6.07, 6.45) is -4.51. The van der Waals surface area contributed by atoms with E-state index < -0.39 is 17.7 Å². The molecule has 0 unspecified atom stereocenters. The molecule has 0 amide bonds. The van der Waals surface area contributed by atoms with Crippen molar-refractivity contribution in [3.05, 3.63) is 28.8 Å². The van der Waals surface area contributed by atoms with Gasteiger partial charge in [-0.15, -0.1) is 0 Å². The van der Waals surface area contributed by atoms with E-state index in [1.807, 2.05) is 0 Å². The van der Waals surface area contributed by atoms with Crippen LogP contribution < -0.4 is 4.74 Å². The van der Waals surface area contributed by atoms with Crippen LogP contribution in [0.2, 0.25) is 0 Å². The van der Waals surface area contributed by atoms with Crippen molar-refractivity contribution in [3.63, 3.8) is 0 Å². The normalized spacial score (nSPS) is 11.2. The number of rotatable bonds is 2. The minimum atomic E-state index is -4.51. The molecule has 0 fully saturated rings. The van der Waals surface area contributed by atoms with E-state index >= 15 is 0 Å². The van der Waals surface area contributed by atoms with Gasteiger partial charge in [-0.25, -0.2) is 4.79 Å². The molecule has 0 spiro atoms. The van der Waals surface area contributed by atoms with Crippen LogP contribution in [0.5, 0.6) is 5.75 Å². The zero-order valence-corrected chi connectivity index (χ0v) is 9.51. The summed E-state index contributed by atoms with van der Waals surface area (Å²) in [5.74, 6) is -0.810. The molecule has 0 aliphatic heterocycles. The molecule has 1 aromatic rings. The van der Waals surface area contributed by atoms with Crippen LogP contribution in [-0.4, -0.2) is 20.2 Å². The summed E-state index contributed by atoms with van der Waals surface area (Å²) < 4.78 is 47.2. The van der Waals surface area contributed by atoms with Gasteiger partial charge in [0, 0.05) is 0 Å². The molecule has 17 heavy (non-hydrogen) atoms. The van der Waals surface area contributed by atoms with Gasteiger partial charge < -0.3 is 9.47 Å². The quantitative estimate of drug-likeness (QED) is 0.755. The molecule has 3 nitrogen and oxygen atoms in total. The molecule has 0 radical (unpaired) electrons. The van der Waals surface area contributed by atoms with Crippen molar-refractivity contribution in [2.75, 3.05) is 14.2 Å². The highest BCUT2D eigenvalue weighted by Gasteiger charge is 2.34. The number of hydrogen-bond donors (Lipinski definition) is 0. The molecule has 0 atom stereocenters. The maximum Gasteiger partial charge on any atom is 0.416 e. The standard InChI is InChI=1S/C11H11F3O3/c1-6-4-9(16-2)7(10(15)17-3)5-8(6)11(12,13)14/h4-5H,1-3H3. The van der Waals surface area contributed by atoms with Gasteiger partial charge in [0.15, 0.2) is 0 Å². The Morgan fingerprint density at radius 2 is 1.82 bits per heavy atom. The summed E-state index contributed by atoms with van der Waals surface area (Å²) in [6, 6.07) is 1.90. The van der Waals surface area contributed by atoms with Gasteiger partial charge in [0.2, 0.25) is 0 Å². The summed E-state index contributed by atoms with van der Waals surface area (Å²) in [7, 11) is 2.36. The highest BCUT2D eigenvalue weighted by molar-refractivity contribution is 5.93. The van der Waals surface area contributed by atoms with Crippen molar-refractivity contribution in [1.29, 1.82) is 0 Å². The Hall–Kier alpha value is -1.72. The highest BCUT2D eigenvalue weighted by Crippen LogP contribution is 2.35. The molecule has 0 N–H and O–H groups in total. The fraction of sp³-hybridized carbons (Fsp3) is 0.364. The number of carbonyl (C=O) groups is 1. The molecule has 0 aliphatic carbocycles. The Labute approximate surface area is 96.1 Å². The lowest BCUT2D eigenvalue weighted by atomic mass is 10.0. The topological polar surface area (TPSA) is 35.5 Å². The molecule has 6 heteroatoms. The Bertz CT molecular complexity index is 438. The lowest BCUT2D eigenvalue weighted by Crippen LogP contribution is -2.12. The molecule has 1 rings (SSSR count). The molecular formula is C11H11F3O3. The predicted octanol–water partition coefficient (Wildman–Crippen LogP) is 2.81. The van der Waals surface area contributed by atoms with E-state index in [1.54, 1.807) is 0 Å². The Morgan fingerprint density at radius 1 is 1.24 bits per heavy atom. The van der Waals surface area contributed by atoms with Crippen LogP contribution in [0.1, 0.15) is 21.5 Å². The first-order chi connectivity index (χ1) is 7.81. The van der Waals surface area contributed by atoms with E-state index in [9.17, 15) is 18.0 Å². The van der Waals surface area contributed by atoms with Crippen molar-refractivity contribution >= 4 is 5.97 Å². The van der Waals surface area contributed by atoms with Crippen LogP contribution in [0.4, 0.5) is 13.2 Å². The first-order valence-corrected chi connectivity index (χ1v) is 4.65. The number of carbonyl (C=O) groups excluding carboxylic acids is 1. The second-order valence-corrected chi connectivity index (χ2v) is 3.36. The Morgan fingerprint density at radius 3 is 2.24 bits per heavy atom. The van der Waals surface area contributed by atoms with Crippen LogP contribution >= 0.6 is 0 Å². The first kappa shape index (κ1) is 13.3. The number of aryl methyl sites for hydroxylation is 1. The minimum absolute atomic E-state index is 0.0120. The van der Waals surface area contributed by atoms with E-state index in [-0.39, 0.29) is 16.9 Å². The zero-order chi connectivity index (χ0) is 13.2. The minimum Gasteiger partial charge on any atom is -0.496 e. The molecule has 0 heterocycles. The maximum atomic E-state index is 12.6. The summed E-state index contributed by atoms with van der Waals surface area (Å²) in [6.45, 7) is 1.30. The second-order valence-electron chi connectivity index (χ2n) is 3.36. The molecule has 0 aliphatic rings. The van der Waals surface area contributed by atoms with Crippen LogP contribution in [0.25, 0.3) is 0 Å². The third-order valence-corrected chi connectivity index (χ3v) is 2.26. The van der Waals surface area contributed by atoms with Gasteiger partial charge in [-0.2, -0.15) is 13.2 Å². The predicted molar refractivity (Wildman–Crippen MR) is 54.1 cm³/mol. The molecule has 0 aromatic heterocycles. The van der Waals surface area contributed by atoms with Crippen molar-refractivity contribution in [2.24, 2.45) is 0 Å². The number of ether oxygens (including phenoxy) is 2. The maximum absolute atomic E-state index is 12.6. The van der Waals surface area contributed by atoms with Crippen molar-refractivity contribution in [1.82, 2.24) is 0 Å². The molecular weight excluding hydrogens is 237 g/mol. The molecule has 1 aromatic carbocycles. The fourth-order valence-corrected chi connectivity index (χ4v) is 1.43. The second kappa shape index (κ2) is 4.65. The van der Waals surface area contributed by atoms with E-state index in [0.717, 1.165) is 19.2 Å². The average molecular weight is 248 g/mol. The van der Waals surface area contributed by atoms with Crippen LogP contribution in [0.15, 0.2) is 12.1 Å². The van der Waals surface area contributed by atoms with E-state index in [4.69, 9.17) is 4.74 Å². The highest BCUT2D eigenvalue weighted by atomic mass is 19.4. The van der Waals surface area contributed by atoms with E-state index in [2.05, 4.69) is 4.74 Å². The Kier molecular flexibility index (Phi) is 3.65. The first-order valence-electron chi connectivity index (χ1n) is 4.65. The monoisotopic (exact) mass is 248 g/mol. The van der Waals surface area contributed by atoms with Crippen molar-refractivity contribution < 1.29 is 27.4 Å². The third-order valence-electron chi connectivity index (χ3n) is 2.26. The zero-order valence-electron chi connectivity index (χ0n) is 9.51. The molecule has 0 saturated carbocycles. The average Bonchev–Trinajstić information content (AvgIpc) is 2.25. The SMILES string of the molecule is COC(=O)c1cc(C(F)(F)F)c(C)cc1OC. The van der Waals surface area contributed by atoms with Crippen LogP contribution in [0, 0.1) is 6.92 Å². The van der Waals surface area contributed by atoms with Gasteiger partial charge in [0.25, 0.3) is 0 Å². The number of hydrogen-bond acceptors (Lipinski definition) is 3. The number of alkyl halides is 3. The molecule has 0 saturated heterocycles. The van der Waals surface area contributed by atoms with E-state index in [0.29, 0.717) is 0 Å². The van der Waals surface area contributed by atoms with Gasteiger partial charge in [0.05, 0.1) is 19.8 Å². The molecule has 0 bridgehead atoms. The number of halogens is 3. The van der Waals surface area contributed by atoms with Crippen molar-refractivity contribution in [2.45, 2.75) is 13.1 Å².